The number of nitrogens with two attached hydrogens (primary N) is 1. The maximum Gasteiger partial charge on any atom is 0.317 e. The van der Waals surface area contributed by atoms with Crippen LogP contribution in [0, 0.1) is 11.6 Å². The number of hydrogen-bond donors (Lipinski definition) is 3. The Morgan fingerprint density at radius 1 is 1.43 bits per heavy atom. The van der Waals surface area contributed by atoms with E-state index in [2.05, 4.69) is 20.5 Å². The number of aromatic amines is 1. The van der Waals surface area contributed by atoms with Crippen LogP contribution in [-0.2, 0) is 13.1 Å². The minimum Gasteiger partial charge on any atom is -0.367 e. The fourth-order valence-corrected chi connectivity index (χ4v) is 1.67. The highest BCUT2D eigenvalue weighted by Gasteiger charge is 2.11. The Labute approximate surface area is 119 Å². The fourth-order valence-electron chi connectivity index (χ4n) is 1.67. The van der Waals surface area contributed by atoms with E-state index in [9.17, 15) is 13.6 Å². The van der Waals surface area contributed by atoms with Crippen molar-refractivity contribution in [2.24, 2.45) is 0 Å². The van der Waals surface area contributed by atoms with Crippen LogP contribution in [0.5, 0.6) is 0 Å². The quantitative estimate of drug-likeness (QED) is 0.783. The smallest absolute Gasteiger partial charge is 0.317 e. The number of urea groups is 1. The molecule has 1 aromatic heterocycles. The summed E-state index contributed by atoms with van der Waals surface area (Å²) in [5.41, 5.74) is 5.81. The summed E-state index contributed by atoms with van der Waals surface area (Å²) in [4.78, 5) is 17.0. The lowest BCUT2D eigenvalue weighted by Gasteiger charge is -2.17. The molecule has 2 aromatic rings. The van der Waals surface area contributed by atoms with E-state index in [4.69, 9.17) is 5.73 Å². The molecule has 0 unspecified atom stereocenters. The van der Waals surface area contributed by atoms with Crippen LogP contribution in [0.2, 0.25) is 0 Å². The second-order valence-corrected chi connectivity index (χ2v) is 4.40. The Hall–Kier alpha value is -2.71. The highest BCUT2D eigenvalue weighted by atomic mass is 19.2. The largest absolute Gasteiger partial charge is 0.367 e. The number of nitrogens with one attached hydrogen (secondary N) is 2. The summed E-state index contributed by atoms with van der Waals surface area (Å²) in [5, 5.41) is 8.77. The molecule has 0 fully saturated rings. The molecular weight excluding hydrogens is 282 g/mol. The molecule has 0 saturated heterocycles. The van der Waals surface area contributed by atoms with E-state index in [0.717, 1.165) is 12.1 Å². The second-order valence-electron chi connectivity index (χ2n) is 4.40. The van der Waals surface area contributed by atoms with Crippen molar-refractivity contribution < 1.29 is 13.6 Å². The van der Waals surface area contributed by atoms with E-state index < -0.39 is 17.7 Å². The number of carbonyl (C=O) groups is 1. The van der Waals surface area contributed by atoms with Gasteiger partial charge in [0.25, 0.3) is 0 Å². The highest BCUT2D eigenvalue weighted by Crippen LogP contribution is 2.10. The number of halogens is 2. The van der Waals surface area contributed by atoms with Crippen molar-refractivity contribution in [2.45, 2.75) is 13.1 Å². The average Bonchev–Trinajstić information content (AvgIpc) is 2.86. The van der Waals surface area contributed by atoms with Gasteiger partial charge in [0.15, 0.2) is 11.6 Å². The van der Waals surface area contributed by atoms with E-state index >= 15 is 0 Å². The molecule has 0 aliphatic carbocycles. The molecule has 112 valence electrons. The molecule has 7 nitrogen and oxygen atoms in total. The zero-order valence-corrected chi connectivity index (χ0v) is 11.2. The van der Waals surface area contributed by atoms with E-state index in [1.54, 1.807) is 0 Å². The molecule has 0 bridgehead atoms. The first-order valence-electron chi connectivity index (χ1n) is 6.05. The zero-order valence-electron chi connectivity index (χ0n) is 11.2. The number of nitrogens with zero attached hydrogens (tertiary/aromatic N) is 3. The van der Waals surface area contributed by atoms with Crippen LogP contribution in [0.25, 0.3) is 0 Å². The van der Waals surface area contributed by atoms with Crippen LogP contribution in [0.15, 0.2) is 18.2 Å². The van der Waals surface area contributed by atoms with E-state index in [-0.39, 0.29) is 19.0 Å². The van der Waals surface area contributed by atoms with Crippen molar-refractivity contribution in [1.82, 2.24) is 25.4 Å². The van der Waals surface area contributed by atoms with Crippen LogP contribution >= 0.6 is 0 Å². The molecule has 9 heteroatoms. The lowest BCUT2D eigenvalue weighted by molar-refractivity contribution is 0.206. The number of aromatic nitrogens is 3. The van der Waals surface area contributed by atoms with Gasteiger partial charge in [0.1, 0.15) is 5.82 Å². The summed E-state index contributed by atoms with van der Waals surface area (Å²) < 4.78 is 25.9. The predicted molar refractivity (Wildman–Crippen MR) is 70.9 cm³/mol. The van der Waals surface area contributed by atoms with Crippen LogP contribution < -0.4 is 11.1 Å². The van der Waals surface area contributed by atoms with Crippen molar-refractivity contribution in [3.8, 4) is 0 Å². The predicted octanol–water partition coefficient (Wildman–Crippen LogP) is 1.01. The summed E-state index contributed by atoms with van der Waals surface area (Å²) in [5.74, 6) is -1.36. The number of amides is 2. The molecule has 2 amide bonds. The van der Waals surface area contributed by atoms with Crippen LogP contribution in [0.3, 0.4) is 0 Å². The molecule has 1 aromatic carbocycles. The average molecular weight is 296 g/mol. The first kappa shape index (κ1) is 14.7. The summed E-state index contributed by atoms with van der Waals surface area (Å²) in [6, 6.07) is 3.10. The molecule has 1 heterocycles. The van der Waals surface area contributed by atoms with Gasteiger partial charge < -0.3 is 16.0 Å². The molecule has 4 N–H and O–H groups in total. The minimum absolute atomic E-state index is 0.0920. The Morgan fingerprint density at radius 2 is 2.19 bits per heavy atom. The Bertz CT molecular complexity index is 644. The van der Waals surface area contributed by atoms with E-state index in [0.29, 0.717) is 11.4 Å². The van der Waals surface area contributed by atoms with Gasteiger partial charge in [0, 0.05) is 13.6 Å². The number of hydrogen-bond acceptors (Lipinski definition) is 4. The molecular formula is C12H14F2N6O. The highest BCUT2D eigenvalue weighted by molar-refractivity contribution is 5.73. The minimum atomic E-state index is -0.946. The summed E-state index contributed by atoms with van der Waals surface area (Å²) in [6.07, 6.45) is 0. The molecule has 0 spiro atoms. The van der Waals surface area contributed by atoms with Gasteiger partial charge in [-0.25, -0.2) is 13.6 Å². The maximum absolute atomic E-state index is 13.1. The van der Waals surface area contributed by atoms with Gasteiger partial charge in [-0.15, -0.1) is 5.10 Å². The number of carbonyl (C=O) groups excluding carboxylic acids is 1. The molecule has 0 aliphatic heterocycles. The number of nitrogen functional groups attached to an aromatic ring is 1. The summed E-state index contributed by atoms with van der Waals surface area (Å²) in [7, 11) is 1.53. The topological polar surface area (TPSA) is 99.9 Å². The van der Waals surface area contributed by atoms with Crippen molar-refractivity contribution in [2.75, 3.05) is 12.8 Å². The third-order valence-corrected chi connectivity index (χ3v) is 2.71. The molecule has 0 saturated carbocycles. The Morgan fingerprint density at radius 3 is 2.81 bits per heavy atom. The van der Waals surface area contributed by atoms with E-state index in [1.807, 2.05) is 0 Å². The maximum atomic E-state index is 13.1. The Kier molecular flexibility index (Phi) is 4.31. The number of rotatable bonds is 4. The summed E-state index contributed by atoms with van der Waals surface area (Å²) >= 11 is 0. The van der Waals surface area contributed by atoms with Crippen LogP contribution in [0.1, 0.15) is 11.4 Å². The third kappa shape index (κ3) is 3.88. The molecule has 0 radical (unpaired) electrons. The lowest BCUT2D eigenvalue weighted by Crippen LogP contribution is -2.36. The Balaban J connectivity index is 1.88. The number of anilines is 1. The summed E-state index contributed by atoms with van der Waals surface area (Å²) in [6.45, 7) is 0.271. The van der Waals surface area contributed by atoms with Crippen molar-refractivity contribution in [3.63, 3.8) is 0 Å². The van der Waals surface area contributed by atoms with Crippen LogP contribution in [0.4, 0.5) is 19.5 Å². The standard InChI is InChI=1S/C12H14F2N6O/c1-20(6-7-2-3-8(13)9(14)4-7)12(21)16-5-10-17-11(15)19-18-10/h2-4H,5-6H2,1H3,(H,16,21)(H3,15,17,18,19). The molecule has 0 atom stereocenters. The van der Waals surface area contributed by atoms with Gasteiger partial charge in [0.2, 0.25) is 5.95 Å². The van der Waals surface area contributed by atoms with Gasteiger partial charge in [-0.1, -0.05) is 6.07 Å². The molecule has 21 heavy (non-hydrogen) atoms. The van der Waals surface area contributed by atoms with Gasteiger partial charge >= 0.3 is 6.03 Å². The van der Waals surface area contributed by atoms with Gasteiger partial charge in [-0.2, -0.15) is 4.98 Å². The lowest BCUT2D eigenvalue weighted by atomic mass is 10.2. The van der Waals surface area contributed by atoms with Crippen molar-refractivity contribution in [3.05, 3.63) is 41.2 Å². The zero-order chi connectivity index (χ0) is 15.4. The fraction of sp³-hybridized carbons (Fsp3) is 0.250. The number of benzene rings is 1. The normalized spacial score (nSPS) is 10.4. The van der Waals surface area contributed by atoms with Crippen molar-refractivity contribution >= 4 is 12.0 Å². The second kappa shape index (κ2) is 6.16. The van der Waals surface area contributed by atoms with E-state index in [1.165, 1.54) is 18.0 Å². The molecule has 0 aliphatic rings. The third-order valence-electron chi connectivity index (χ3n) is 2.71. The molecule has 2 rings (SSSR count). The monoisotopic (exact) mass is 296 g/mol. The van der Waals surface area contributed by atoms with Crippen LogP contribution in [-0.4, -0.2) is 33.2 Å². The van der Waals surface area contributed by atoms with Crippen molar-refractivity contribution in [1.29, 1.82) is 0 Å². The van der Waals surface area contributed by atoms with Gasteiger partial charge in [-0.3, -0.25) is 5.10 Å². The van der Waals surface area contributed by atoms with Gasteiger partial charge in [-0.05, 0) is 17.7 Å². The first-order chi connectivity index (χ1) is 9.95. The number of H-pyrrole nitrogens is 1. The first-order valence-corrected chi connectivity index (χ1v) is 6.05. The SMILES string of the molecule is CN(Cc1ccc(F)c(F)c1)C(=O)NCc1nc(N)n[nH]1. The van der Waals surface area contributed by atoms with Gasteiger partial charge in [0.05, 0.1) is 6.54 Å².